The molecular formula is C16H24N2. The molecule has 18 heavy (non-hydrogen) atoms. The molecule has 0 aliphatic heterocycles. The zero-order valence-corrected chi connectivity index (χ0v) is 12.0. The van der Waals surface area contributed by atoms with E-state index >= 15 is 0 Å². The van der Waals surface area contributed by atoms with Crippen LogP contribution in [-0.2, 0) is 13.1 Å². The number of aromatic nitrogens is 1. The standard InChI is InChI=1S/C16H24N2/c1-16(2,3)8-10-18-9-7-14-6-5-13(12-17-4)11-15(14)18/h5-7,9,11,17H,8,10,12H2,1-4H3. The minimum atomic E-state index is 0.388. The van der Waals surface area contributed by atoms with Gasteiger partial charge in [-0.25, -0.2) is 0 Å². The van der Waals surface area contributed by atoms with E-state index in [0.29, 0.717) is 5.41 Å². The van der Waals surface area contributed by atoms with Crippen LogP contribution in [0.15, 0.2) is 30.5 Å². The van der Waals surface area contributed by atoms with Crippen LogP contribution in [0.25, 0.3) is 10.9 Å². The summed E-state index contributed by atoms with van der Waals surface area (Å²) in [7, 11) is 1.99. The van der Waals surface area contributed by atoms with Gasteiger partial charge in [-0.05, 0) is 42.0 Å². The predicted octanol–water partition coefficient (Wildman–Crippen LogP) is 3.80. The van der Waals surface area contributed by atoms with Gasteiger partial charge in [0.15, 0.2) is 0 Å². The fraction of sp³-hybridized carbons (Fsp3) is 0.500. The quantitative estimate of drug-likeness (QED) is 0.865. The van der Waals surface area contributed by atoms with Crippen molar-refractivity contribution in [3.63, 3.8) is 0 Å². The third-order valence-corrected chi connectivity index (χ3v) is 3.32. The number of nitrogens with one attached hydrogen (secondary N) is 1. The Hall–Kier alpha value is -1.28. The molecule has 2 aromatic rings. The first-order valence-electron chi connectivity index (χ1n) is 6.72. The first kappa shape index (κ1) is 13.2. The van der Waals surface area contributed by atoms with Crippen molar-refractivity contribution >= 4 is 10.9 Å². The summed E-state index contributed by atoms with van der Waals surface area (Å²) in [6, 6.07) is 8.93. The average Bonchev–Trinajstić information content (AvgIpc) is 2.68. The Morgan fingerprint density at radius 1 is 1.17 bits per heavy atom. The van der Waals surface area contributed by atoms with E-state index in [-0.39, 0.29) is 0 Å². The Bertz CT molecular complexity index is 517. The van der Waals surface area contributed by atoms with Gasteiger partial charge in [0.1, 0.15) is 0 Å². The molecule has 0 aliphatic rings. The summed E-state index contributed by atoms with van der Waals surface area (Å²) in [4.78, 5) is 0. The van der Waals surface area contributed by atoms with Crippen LogP contribution in [0, 0.1) is 5.41 Å². The number of hydrogen-bond acceptors (Lipinski definition) is 1. The van der Waals surface area contributed by atoms with Gasteiger partial charge in [-0.1, -0.05) is 32.9 Å². The molecule has 1 aromatic carbocycles. The smallest absolute Gasteiger partial charge is 0.0483 e. The lowest BCUT2D eigenvalue weighted by atomic mass is 9.92. The molecule has 0 radical (unpaired) electrons. The lowest BCUT2D eigenvalue weighted by Crippen LogP contribution is -2.10. The summed E-state index contributed by atoms with van der Waals surface area (Å²) < 4.78 is 2.37. The molecule has 0 fully saturated rings. The molecule has 0 atom stereocenters. The molecule has 1 N–H and O–H groups in total. The lowest BCUT2D eigenvalue weighted by Gasteiger charge is -2.18. The normalized spacial score (nSPS) is 12.2. The molecule has 2 heteroatoms. The number of nitrogens with zero attached hydrogens (tertiary/aromatic N) is 1. The second-order valence-electron chi connectivity index (χ2n) is 6.24. The van der Waals surface area contributed by atoms with E-state index in [1.165, 1.54) is 22.9 Å². The lowest BCUT2D eigenvalue weighted by molar-refractivity contribution is 0.353. The van der Waals surface area contributed by atoms with Gasteiger partial charge < -0.3 is 9.88 Å². The van der Waals surface area contributed by atoms with Gasteiger partial charge in [0, 0.05) is 24.8 Å². The van der Waals surface area contributed by atoms with Crippen LogP contribution in [0.2, 0.25) is 0 Å². The Morgan fingerprint density at radius 2 is 1.94 bits per heavy atom. The van der Waals surface area contributed by atoms with Crippen molar-refractivity contribution < 1.29 is 0 Å². The summed E-state index contributed by atoms with van der Waals surface area (Å²) in [6.07, 6.45) is 3.41. The third-order valence-electron chi connectivity index (χ3n) is 3.32. The van der Waals surface area contributed by atoms with E-state index in [9.17, 15) is 0 Å². The number of benzene rings is 1. The Labute approximate surface area is 110 Å². The molecule has 2 nitrogen and oxygen atoms in total. The maximum absolute atomic E-state index is 3.21. The maximum atomic E-state index is 3.21. The van der Waals surface area contributed by atoms with E-state index in [1.54, 1.807) is 0 Å². The van der Waals surface area contributed by atoms with E-state index in [0.717, 1.165) is 13.1 Å². The average molecular weight is 244 g/mol. The molecule has 0 amide bonds. The molecule has 0 saturated heterocycles. The van der Waals surface area contributed by atoms with Crippen LogP contribution in [0.4, 0.5) is 0 Å². The highest BCUT2D eigenvalue weighted by atomic mass is 14.9. The fourth-order valence-corrected chi connectivity index (χ4v) is 2.19. The molecule has 98 valence electrons. The van der Waals surface area contributed by atoms with Gasteiger partial charge in [0.05, 0.1) is 0 Å². The Morgan fingerprint density at radius 3 is 2.61 bits per heavy atom. The number of rotatable bonds is 4. The van der Waals surface area contributed by atoms with Crippen LogP contribution >= 0.6 is 0 Å². The zero-order valence-electron chi connectivity index (χ0n) is 12.0. The highest BCUT2D eigenvalue weighted by molar-refractivity contribution is 5.80. The van der Waals surface area contributed by atoms with Crippen LogP contribution in [0.3, 0.4) is 0 Å². The molecule has 1 aromatic heterocycles. The number of aryl methyl sites for hydroxylation is 1. The summed E-state index contributed by atoms with van der Waals surface area (Å²) in [6.45, 7) is 8.91. The molecule has 0 spiro atoms. The number of hydrogen-bond donors (Lipinski definition) is 1. The van der Waals surface area contributed by atoms with Crippen molar-refractivity contribution in [2.24, 2.45) is 5.41 Å². The van der Waals surface area contributed by atoms with Crippen molar-refractivity contribution in [3.8, 4) is 0 Å². The Kier molecular flexibility index (Phi) is 3.76. The van der Waals surface area contributed by atoms with Crippen molar-refractivity contribution in [2.45, 2.75) is 40.3 Å². The maximum Gasteiger partial charge on any atom is 0.0483 e. The van der Waals surface area contributed by atoms with Crippen molar-refractivity contribution in [1.82, 2.24) is 9.88 Å². The molecule has 1 heterocycles. The minimum Gasteiger partial charge on any atom is -0.347 e. The minimum absolute atomic E-state index is 0.388. The highest BCUT2D eigenvalue weighted by Crippen LogP contribution is 2.23. The summed E-state index contributed by atoms with van der Waals surface area (Å²) in [5.74, 6) is 0. The molecule has 0 bridgehead atoms. The molecule has 0 saturated carbocycles. The summed E-state index contributed by atoms with van der Waals surface area (Å²) in [5, 5.41) is 4.54. The number of fused-ring (bicyclic) bond motifs is 1. The zero-order chi connectivity index (χ0) is 13.2. The summed E-state index contributed by atoms with van der Waals surface area (Å²) >= 11 is 0. The van der Waals surface area contributed by atoms with Gasteiger partial charge in [0.25, 0.3) is 0 Å². The van der Waals surface area contributed by atoms with E-state index < -0.39 is 0 Å². The van der Waals surface area contributed by atoms with Crippen molar-refractivity contribution in [3.05, 3.63) is 36.0 Å². The second-order valence-corrected chi connectivity index (χ2v) is 6.24. The topological polar surface area (TPSA) is 17.0 Å². The molecular weight excluding hydrogens is 220 g/mol. The first-order valence-corrected chi connectivity index (χ1v) is 6.72. The van der Waals surface area contributed by atoms with E-state index in [1.807, 2.05) is 7.05 Å². The fourth-order valence-electron chi connectivity index (χ4n) is 2.19. The van der Waals surface area contributed by atoms with Crippen LogP contribution in [-0.4, -0.2) is 11.6 Å². The molecule has 0 unspecified atom stereocenters. The van der Waals surface area contributed by atoms with Crippen molar-refractivity contribution in [2.75, 3.05) is 7.05 Å². The van der Waals surface area contributed by atoms with Gasteiger partial charge >= 0.3 is 0 Å². The van der Waals surface area contributed by atoms with Crippen LogP contribution in [0.5, 0.6) is 0 Å². The Balaban J connectivity index is 2.25. The van der Waals surface area contributed by atoms with Gasteiger partial charge in [-0.2, -0.15) is 0 Å². The monoisotopic (exact) mass is 244 g/mol. The predicted molar refractivity (Wildman–Crippen MR) is 78.8 cm³/mol. The van der Waals surface area contributed by atoms with E-state index in [4.69, 9.17) is 0 Å². The van der Waals surface area contributed by atoms with Crippen molar-refractivity contribution in [1.29, 1.82) is 0 Å². The molecule has 0 aliphatic carbocycles. The van der Waals surface area contributed by atoms with Crippen LogP contribution in [0.1, 0.15) is 32.8 Å². The van der Waals surface area contributed by atoms with Gasteiger partial charge in [-0.3, -0.25) is 0 Å². The van der Waals surface area contributed by atoms with Gasteiger partial charge in [0.2, 0.25) is 0 Å². The second kappa shape index (κ2) is 5.15. The third kappa shape index (κ3) is 3.14. The largest absolute Gasteiger partial charge is 0.347 e. The highest BCUT2D eigenvalue weighted by Gasteiger charge is 2.11. The SMILES string of the molecule is CNCc1ccc2ccn(CCC(C)(C)C)c2c1. The summed E-state index contributed by atoms with van der Waals surface area (Å²) in [5.41, 5.74) is 3.09. The van der Waals surface area contributed by atoms with E-state index in [2.05, 4.69) is 61.1 Å². The van der Waals surface area contributed by atoms with Gasteiger partial charge in [-0.15, -0.1) is 0 Å². The molecule has 2 rings (SSSR count). The first-order chi connectivity index (χ1) is 8.49. The van der Waals surface area contributed by atoms with Crippen LogP contribution < -0.4 is 5.32 Å².